The van der Waals surface area contributed by atoms with E-state index >= 15 is 0 Å². The first kappa shape index (κ1) is 56.9. The van der Waals surface area contributed by atoms with Crippen LogP contribution in [0, 0.1) is 17.8 Å². The van der Waals surface area contributed by atoms with E-state index in [1.165, 1.54) is 21.1 Å². The van der Waals surface area contributed by atoms with Crippen LogP contribution in [0.15, 0.2) is 47.4 Å². The summed E-state index contributed by atoms with van der Waals surface area (Å²) in [6, 6.07) is 0. The first-order chi connectivity index (χ1) is 34.4. The molecule has 3 saturated heterocycles. The van der Waals surface area contributed by atoms with Gasteiger partial charge >= 0.3 is 35.6 Å². The van der Waals surface area contributed by atoms with Gasteiger partial charge in [-0.1, -0.05) is 0 Å². The number of ether oxygens (including phenoxy) is 3. The molecule has 0 saturated carbocycles. The molecule has 0 aliphatic carbocycles. The average Bonchev–Trinajstić information content (AvgIpc) is 4.16. The van der Waals surface area contributed by atoms with E-state index in [0.29, 0.717) is 59.9 Å². The standard InChI is InChI=1S/2C13H15F3N4O3.C8H7F3N4O2.C6H12O4S/c2*1-18-9-4-17-20(7-13(14,15)16)10(9)11(21)19(12(18)22)5-8-2-3-23-6-8;1-14-4-2-12-15(3-8(9,10)11)5(4)6(16)13-7(14)17;1-11(7,8)10-5-6-2-3-9-4-6/h2*4,8H,2-3,5-7H2,1H3;2H,3H2,1H3,(H,13,16,17);6H,2-5H2,1H3. The highest BCUT2D eigenvalue weighted by molar-refractivity contribution is 7.85. The minimum Gasteiger partial charge on any atom is -0.381 e. The monoisotopic (exact) mass is 1090 g/mol. The fourth-order valence-electron chi connectivity index (χ4n) is 7.98. The van der Waals surface area contributed by atoms with Crippen molar-refractivity contribution in [1.82, 2.24) is 57.2 Å². The van der Waals surface area contributed by atoms with Crippen LogP contribution in [0.3, 0.4) is 0 Å². The van der Waals surface area contributed by atoms with Crippen LogP contribution >= 0.6 is 0 Å². The van der Waals surface area contributed by atoms with E-state index in [0.717, 1.165) is 60.7 Å². The number of hydrogen-bond donors (Lipinski definition) is 1. The molecule has 3 fully saturated rings. The summed E-state index contributed by atoms with van der Waals surface area (Å²) in [5.41, 5.74) is -4.71. The zero-order valence-corrected chi connectivity index (χ0v) is 40.5. The molecule has 34 heteroatoms. The van der Waals surface area contributed by atoms with Gasteiger partial charge in [0.2, 0.25) is 0 Å². The van der Waals surface area contributed by atoms with Crippen molar-refractivity contribution in [3.8, 4) is 0 Å². The average molecular weight is 1090 g/mol. The summed E-state index contributed by atoms with van der Waals surface area (Å²) in [5, 5.41) is 10.7. The molecular formula is C40H49F9N12O12S. The number of halogens is 9. The maximum absolute atomic E-state index is 12.6. The lowest BCUT2D eigenvalue weighted by Gasteiger charge is -2.13. The second-order valence-electron chi connectivity index (χ2n) is 17.5. The lowest BCUT2D eigenvalue weighted by atomic mass is 10.1. The van der Waals surface area contributed by atoms with E-state index in [1.54, 1.807) is 0 Å². The summed E-state index contributed by atoms with van der Waals surface area (Å²) in [6.07, 6.45) is -6.88. The van der Waals surface area contributed by atoms with Crippen molar-refractivity contribution in [3.63, 3.8) is 0 Å². The Kier molecular flexibility index (Phi) is 17.4. The van der Waals surface area contributed by atoms with Gasteiger partial charge in [-0.3, -0.25) is 46.4 Å². The number of nitrogens with one attached hydrogen (secondary N) is 1. The molecule has 1 N–H and O–H groups in total. The van der Waals surface area contributed by atoms with Gasteiger partial charge in [-0.05, 0) is 19.3 Å². The second-order valence-corrected chi connectivity index (χ2v) is 19.1. The van der Waals surface area contributed by atoms with E-state index in [-0.39, 0.29) is 70.6 Å². The number of alkyl halides is 9. The molecule has 6 aromatic rings. The summed E-state index contributed by atoms with van der Waals surface area (Å²) in [6.45, 7) is -0.332. The van der Waals surface area contributed by atoms with Gasteiger partial charge in [0.05, 0.1) is 67.8 Å². The third-order valence-electron chi connectivity index (χ3n) is 11.7. The Morgan fingerprint density at radius 3 is 1.27 bits per heavy atom. The molecule has 24 nitrogen and oxygen atoms in total. The lowest BCUT2D eigenvalue weighted by molar-refractivity contribution is -0.142. The van der Waals surface area contributed by atoms with Gasteiger partial charge in [-0.2, -0.15) is 63.2 Å². The molecule has 410 valence electrons. The fourth-order valence-corrected chi connectivity index (χ4v) is 8.42. The van der Waals surface area contributed by atoms with Crippen LogP contribution in [0.2, 0.25) is 0 Å². The Morgan fingerprint density at radius 1 is 0.581 bits per heavy atom. The van der Waals surface area contributed by atoms with Gasteiger partial charge in [0.25, 0.3) is 26.8 Å². The van der Waals surface area contributed by atoms with Gasteiger partial charge in [0, 0.05) is 71.8 Å². The predicted molar refractivity (Wildman–Crippen MR) is 240 cm³/mol. The molecule has 6 aromatic heterocycles. The Balaban J connectivity index is 0.000000166. The topological polar surface area (TPSA) is 267 Å². The van der Waals surface area contributed by atoms with Crippen molar-refractivity contribution in [2.24, 2.45) is 38.9 Å². The summed E-state index contributed by atoms with van der Waals surface area (Å²) in [5.74, 6) is 0.249. The molecule has 0 aromatic carbocycles. The maximum Gasteiger partial charge on any atom is 0.408 e. The van der Waals surface area contributed by atoms with E-state index in [9.17, 15) is 76.7 Å². The van der Waals surface area contributed by atoms with E-state index in [2.05, 4.69) is 19.5 Å². The number of rotatable bonds is 10. The fraction of sp³-hybridized carbons (Fsp3) is 0.625. The predicted octanol–water partition coefficient (Wildman–Crippen LogP) is 0.976. The van der Waals surface area contributed by atoms with E-state index < -0.39 is 82.0 Å². The van der Waals surface area contributed by atoms with Crippen molar-refractivity contribution < 1.29 is 66.3 Å². The van der Waals surface area contributed by atoms with E-state index in [4.69, 9.17) is 14.2 Å². The molecule has 0 bridgehead atoms. The number of aryl methyl sites for hydroxylation is 3. The summed E-state index contributed by atoms with van der Waals surface area (Å²) in [4.78, 5) is 74.2. The van der Waals surface area contributed by atoms with Crippen molar-refractivity contribution in [2.75, 3.05) is 52.5 Å². The minimum atomic E-state index is -4.51. The van der Waals surface area contributed by atoms with Gasteiger partial charge in [0.1, 0.15) is 19.6 Å². The van der Waals surface area contributed by atoms with Crippen molar-refractivity contribution in [3.05, 3.63) is 81.1 Å². The molecular weight excluding hydrogens is 1040 g/mol. The minimum absolute atomic E-state index is 0.00293. The zero-order chi connectivity index (χ0) is 54.7. The van der Waals surface area contributed by atoms with Crippen LogP contribution in [-0.2, 0) is 82.4 Å². The largest absolute Gasteiger partial charge is 0.408 e. The molecule has 3 aliphatic rings. The Hall–Kier alpha value is -6.39. The molecule has 9 heterocycles. The third-order valence-corrected chi connectivity index (χ3v) is 12.2. The molecule has 3 unspecified atom stereocenters. The smallest absolute Gasteiger partial charge is 0.381 e. The zero-order valence-electron chi connectivity index (χ0n) is 39.7. The first-order valence-electron chi connectivity index (χ1n) is 22.2. The number of aromatic amines is 1. The van der Waals surface area contributed by atoms with Crippen molar-refractivity contribution in [1.29, 1.82) is 0 Å². The number of fused-ring (bicyclic) bond motifs is 3. The van der Waals surface area contributed by atoms with Crippen LogP contribution in [0.25, 0.3) is 33.1 Å². The molecule has 3 aliphatic heterocycles. The van der Waals surface area contributed by atoms with Gasteiger partial charge in [0.15, 0.2) is 16.6 Å². The third kappa shape index (κ3) is 14.3. The first-order valence-corrected chi connectivity index (χ1v) is 24.0. The normalized spacial score (nSPS) is 18.4. The highest BCUT2D eigenvalue weighted by atomic mass is 32.2. The highest BCUT2D eigenvalue weighted by Crippen LogP contribution is 2.22. The molecule has 9 rings (SSSR count). The highest BCUT2D eigenvalue weighted by Gasteiger charge is 2.33. The van der Waals surface area contributed by atoms with Crippen molar-refractivity contribution in [2.45, 2.75) is 70.5 Å². The quantitative estimate of drug-likeness (QED) is 0.148. The van der Waals surface area contributed by atoms with Gasteiger partial charge < -0.3 is 14.2 Å². The lowest BCUT2D eigenvalue weighted by Crippen LogP contribution is -2.41. The van der Waals surface area contributed by atoms with Crippen LogP contribution in [0.5, 0.6) is 0 Å². The number of hydrogen-bond acceptors (Lipinski definition) is 15. The Morgan fingerprint density at radius 2 is 0.932 bits per heavy atom. The summed E-state index contributed by atoms with van der Waals surface area (Å²) in [7, 11) is 0.883. The maximum atomic E-state index is 12.6. The molecule has 0 spiro atoms. The van der Waals surface area contributed by atoms with Crippen LogP contribution in [0.1, 0.15) is 19.3 Å². The van der Waals surface area contributed by atoms with E-state index in [1.807, 2.05) is 4.98 Å². The van der Waals surface area contributed by atoms with Crippen LogP contribution in [0.4, 0.5) is 39.5 Å². The summed E-state index contributed by atoms with van der Waals surface area (Å²) >= 11 is 0. The van der Waals surface area contributed by atoms with Crippen molar-refractivity contribution >= 4 is 43.2 Å². The Bertz CT molecular complexity index is 3290. The molecule has 74 heavy (non-hydrogen) atoms. The molecule has 0 amide bonds. The van der Waals surface area contributed by atoms with Gasteiger partial charge in [-0.15, -0.1) is 0 Å². The number of nitrogens with zero attached hydrogens (tertiary/aromatic N) is 11. The SMILES string of the molecule is CS(=O)(=O)OCC1CCOC1.Cn1c(=O)[nH]c(=O)c2c1cnn2CC(F)(F)F.Cn1c(=O)n(CC2CCOC2)c(=O)c2c1cnn2CC(F)(F)F.Cn1c(=O)n(CC2CCOC2)c(=O)c2c1cnn2CC(F)(F)F. The second kappa shape index (κ2) is 22.6. The Labute approximate surface area is 409 Å². The molecule has 3 atom stereocenters. The van der Waals surface area contributed by atoms with Gasteiger partial charge in [-0.25, -0.2) is 28.4 Å². The molecule has 0 radical (unpaired) electrons. The van der Waals surface area contributed by atoms with Crippen LogP contribution < -0.4 is 33.7 Å². The number of H-pyrrole nitrogens is 1. The number of aromatic nitrogens is 12. The summed E-state index contributed by atoms with van der Waals surface area (Å²) < 4.78 is 161. The van der Waals surface area contributed by atoms with Crippen LogP contribution in [-0.4, -0.2) is 137 Å².